The van der Waals surface area contributed by atoms with E-state index in [2.05, 4.69) is 16.6 Å². The first-order valence-corrected chi connectivity index (χ1v) is 8.52. The number of nitrogens with one attached hydrogen (secondary N) is 1. The van der Waals surface area contributed by atoms with Crippen molar-refractivity contribution in [2.24, 2.45) is 4.99 Å². The average molecular weight is 440 g/mol. The highest BCUT2D eigenvalue weighted by atomic mass is 35.5. The van der Waals surface area contributed by atoms with Crippen LogP contribution in [0, 0.1) is 17.5 Å². The molecule has 0 amide bonds. The summed E-state index contributed by atoms with van der Waals surface area (Å²) >= 11 is 6.03. The molecule has 29 heavy (non-hydrogen) atoms. The van der Waals surface area contributed by atoms with E-state index in [1.165, 1.54) is 0 Å². The third kappa shape index (κ3) is 4.84. The lowest BCUT2D eigenvalue weighted by molar-refractivity contribution is -0.138. The van der Waals surface area contributed by atoms with Gasteiger partial charge >= 0.3 is 6.18 Å². The maximum atomic E-state index is 14.3. The van der Waals surface area contributed by atoms with Crippen LogP contribution < -0.4 is 16.8 Å². The Morgan fingerprint density at radius 1 is 1.28 bits per heavy atom. The topological polar surface area (TPSA) is 68.2 Å². The molecule has 1 aromatic carbocycles. The van der Waals surface area contributed by atoms with Crippen molar-refractivity contribution in [3.05, 3.63) is 52.6 Å². The molecule has 1 aromatic heterocycles. The second-order valence-electron chi connectivity index (χ2n) is 5.98. The van der Waals surface area contributed by atoms with E-state index in [1.807, 2.05) is 5.32 Å². The van der Waals surface area contributed by atoms with E-state index in [-0.39, 0.29) is 11.3 Å². The van der Waals surface area contributed by atoms with Gasteiger partial charge in [-0.15, -0.1) is 0 Å². The first kappa shape index (κ1) is 22.6. The fraction of sp³-hybridized carbons (Fsp3) is 0.294. The summed E-state index contributed by atoms with van der Waals surface area (Å²) in [6.45, 7) is 6.07. The summed E-state index contributed by atoms with van der Waals surface area (Å²) in [5.41, 5.74) is -1.61. The molecule has 0 aliphatic carbocycles. The molecule has 3 N–H and O–H groups in total. The second-order valence-corrected chi connectivity index (χ2v) is 6.34. The fourth-order valence-electron chi connectivity index (χ4n) is 2.25. The quantitative estimate of drug-likeness (QED) is 0.409. The van der Waals surface area contributed by atoms with E-state index in [1.54, 1.807) is 6.92 Å². The molecule has 2 aromatic rings. The molecule has 0 saturated heterocycles. The molecular formula is C17H16ClF6N5. The molecule has 1 atom stereocenters. The van der Waals surface area contributed by atoms with Crippen LogP contribution in [-0.4, -0.2) is 21.9 Å². The van der Waals surface area contributed by atoms with Gasteiger partial charge in [-0.2, -0.15) is 18.2 Å². The van der Waals surface area contributed by atoms with Gasteiger partial charge < -0.3 is 11.2 Å². The molecule has 0 spiro atoms. The third-order valence-corrected chi connectivity index (χ3v) is 4.14. The van der Waals surface area contributed by atoms with Crippen LogP contribution in [0.4, 0.5) is 32.2 Å². The zero-order valence-electron chi connectivity index (χ0n) is 15.2. The standard InChI is InChI=1S/C17H16ClF6N5/c1-4-7(2)26-16-28-14(18)13(12-10(20)5-9(19)6-11(12)21)15(29(16)25)27-8(3)17(22,23)24/h5-6,8,27H,2,4,25H2,1,3H3/b26-16-/t8-/m0/s1. The van der Waals surface area contributed by atoms with Crippen molar-refractivity contribution in [2.75, 3.05) is 11.2 Å². The van der Waals surface area contributed by atoms with Crippen molar-refractivity contribution >= 4 is 17.4 Å². The minimum atomic E-state index is -4.73. The number of hydrogen-bond acceptors (Lipinski definition) is 4. The first-order valence-electron chi connectivity index (χ1n) is 8.15. The van der Waals surface area contributed by atoms with Crippen molar-refractivity contribution in [2.45, 2.75) is 32.5 Å². The van der Waals surface area contributed by atoms with Crippen LogP contribution in [0.1, 0.15) is 20.3 Å². The average Bonchev–Trinajstić information content (AvgIpc) is 2.59. The maximum absolute atomic E-state index is 14.3. The van der Waals surface area contributed by atoms with Crippen molar-refractivity contribution in [3.63, 3.8) is 0 Å². The lowest BCUT2D eigenvalue weighted by Gasteiger charge is -2.23. The summed E-state index contributed by atoms with van der Waals surface area (Å²) in [6, 6.07) is -1.49. The van der Waals surface area contributed by atoms with Gasteiger partial charge in [0, 0.05) is 17.8 Å². The van der Waals surface area contributed by atoms with E-state index < -0.39 is 51.8 Å². The Labute approximate surface area is 166 Å². The lowest BCUT2D eigenvalue weighted by Crippen LogP contribution is -2.39. The van der Waals surface area contributed by atoms with Gasteiger partial charge in [-0.25, -0.2) is 22.8 Å². The zero-order valence-corrected chi connectivity index (χ0v) is 16.0. The molecule has 12 heteroatoms. The molecule has 2 rings (SSSR count). The fourth-order valence-corrected chi connectivity index (χ4v) is 2.51. The predicted octanol–water partition coefficient (Wildman–Crippen LogP) is 4.52. The molecule has 5 nitrogen and oxygen atoms in total. The van der Waals surface area contributed by atoms with E-state index in [0.29, 0.717) is 23.2 Å². The molecule has 0 bridgehead atoms. The van der Waals surface area contributed by atoms with Gasteiger partial charge in [-0.3, -0.25) is 0 Å². The number of halogens is 7. The van der Waals surface area contributed by atoms with Gasteiger partial charge in [0.15, 0.2) is 0 Å². The SMILES string of the molecule is C=C(CC)/N=c1/nc(Cl)c(-c2c(F)cc(F)cc2F)c(N[C@@H](C)C(F)(F)F)n1N. The molecule has 158 valence electrons. The number of nitrogens with zero attached hydrogens (tertiary/aromatic N) is 3. The number of hydrogen-bond donors (Lipinski definition) is 2. The molecule has 0 unspecified atom stereocenters. The van der Waals surface area contributed by atoms with Gasteiger partial charge in [-0.1, -0.05) is 25.1 Å². The Morgan fingerprint density at radius 3 is 2.31 bits per heavy atom. The van der Waals surface area contributed by atoms with E-state index in [9.17, 15) is 26.3 Å². The summed E-state index contributed by atoms with van der Waals surface area (Å²) < 4.78 is 81.7. The van der Waals surface area contributed by atoms with Crippen molar-refractivity contribution in [3.8, 4) is 11.1 Å². The summed E-state index contributed by atoms with van der Waals surface area (Å²) in [5.74, 6) is 1.17. The number of anilines is 1. The van der Waals surface area contributed by atoms with Crippen molar-refractivity contribution in [1.29, 1.82) is 0 Å². The molecule has 0 saturated carbocycles. The normalized spacial score (nSPS) is 13.5. The van der Waals surface area contributed by atoms with Crippen LogP contribution in [0.15, 0.2) is 29.4 Å². The second kappa shape index (κ2) is 8.36. The van der Waals surface area contributed by atoms with Gasteiger partial charge in [0.25, 0.3) is 5.62 Å². The van der Waals surface area contributed by atoms with Crippen molar-refractivity contribution in [1.82, 2.24) is 9.66 Å². The minimum Gasteiger partial charge on any atom is -0.358 e. The van der Waals surface area contributed by atoms with Crippen LogP contribution in [-0.2, 0) is 0 Å². The Bertz CT molecular complexity index is 992. The van der Waals surface area contributed by atoms with E-state index in [0.717, 1.165) is 6.92 Å². The predicted molar refractivity (Wildman–Crippen MR) is 96.8 cm³/mol. The molecule has 0 fully saturated rings. The number of alkyl halides is 3. The summed E-state index contributed by atoms with van der Waals surface area (Å²) in [4.78, 5) is 7.74. The molecule has 0 radical (unpaired) electrons. The Morgan fingerprint density at radius 2 is 1.83 bits per heavy atom. The monoisotopic (exact) mass is 439 g/mol. The maximum Gasteiger partial charge on any atom is 0.408 e. The number of nitrogen functional groups attached to an aromatic ring is 1. The van der Waals surface area contributed by atoms with Gasteiger partial charge in [0.2, 0.25) is 0 Å². The van der Waals surface area contributed by atoms with E-state index in [4.69, 9.17) is 17.4 Å². The lowest BCUT2D eigenvalue weighted by atomic mass is 10.1. The van der Waals surface area contributed by atoms with Crippen LogP contribution in [0.5, 0.6) is 0 Å². The smallest absolute Gasteiger partial charge is 0.358 e. The highest BCUT2D eigenvalue weighted by Gasteiger charge is 2.37. The number of allylic oxidation sites excluding steroid dienone is 1. The van der Waals surface area contributed by atoms with Crippen LogP contribution in [0.2, 0.25) is 5.15 Å². The van der Waals surface area contributed by atoms with Crippen LogP contribution in [0.25, 0.3) is 11.1 Å². The Balaban J connectivity index is 2.89. The number of nitrogens with two attached hydrogens (primary N) is 1. The molecular weight excluding hydrogens is 424 g/mol. The number of rotatable bonds is 5. The molecule has 0 aliphatic rings. The third-order valence-electron chi connectivity index (χ3n) is 3.86. The first-order chi connectivity index (χ1) is 13.4. The Kier molecular flexibility index (Phi) is 6.51. The van der Waals surface area contributed by atoms with Gasteiger partial charge in [0.05, 0.1) is 11.1 Å². The van der Waals surface area contributed by atoms with Crippen molar-refractivity contribution < 1.29 is 26.3 Å². The summed E-state index contributed by atoms with van der Waals surface area (Å²) in [5, 5.41) is 1.43. The summed E-state index contributed by atoms with van der Waals surface area (Å²) in [6.07, 6.45) is -4.37. The van der Waals surface area contributed by atoms with E-state index >= 15 is 0 Å². The number of aromatic nitrogens is 2. The Hall–Kier alpha value is -2.69. The number of benzene rings is 1. The molecule has 0 aliphatic heterocycles. The van der Waals surface area contributed by atoms with Crippen LogP contribution in [0.3, 0.4) is 0 Å². The van der Waals surface area contributed by atoms with Crippen LogP contribution >= 0.6 is 11.6 Å². The van der Waals surface area contributed by atoms with Gasteiger partial charge in [0.1, 0.15) is 34.5 Å². The zero-order chi connectivity index (χ0) is 22.1. The highest BCUT2D eigenvalue weighted by molar-refractivity contribution is 6.32. The molecule has 1 heterocycles. The largest absolute Gasteiger partial charge is 0.408 e. The minimum absolute atomic E-state index is 0.273. The highest BCUT2D eigenvalue weighted by Crippen LogP contribution is 2.37. The van der Waals surface area contributed by atoms with Gasteiger partial charge in [-0.05, 0) is 13.3 Å². The summed E-state index contributed by atoms with van der Waals surface area (Å²) in [7, 11) is 0.